The van der Waals surface area contributed by atoms with Crippen LogP contribution in [0.5, 0.6) is 11.5 Å². The van der Waals surface area contributed by atoms with Crippen LogP contribution in [0.1, 0.15) is 0 Å². The number of amides is 1. The van der Waals surface area contributed by atoms with Crippen molar-refractivity contribution in [3.05, 3.63) is 65.7 Å². The van der Waals surface area contributed by atoms with Crippen molar-refractivity contribution in [2.24, 2.45) is 0 Å². The predicted octanol–water partition coefficient (Wildman–Crippen LogP) is 5.00. The van der Waals surface area contributed by atoms with Gasteiger partial charge < -0.3 is 19.8 Å². The van der Waals surface area contributed by atoms with Crippen molar-refractivity contribution >= 4 is 45.0 Å². The lowest BCUT2D eigenvalue weighted by atomic mass is 10.1. The van der Waals surface area contributed by atoms with Crippen molar-refractivity contribution in [3.8, 4) is 11.5 Å². The molecule has 0 spiro atoms. The first-order valence-electron chi connectivity index (χ1n) is 8.41. The molecule has 0 aliphatic heterocycles. The second-order valence-corrected chi connectivity index (χ2v) is 6.47. The van der Waals surface area contributed by atoms with Gasteiger partial charge in [0.25, 0.3) is 5.91 Å². The van der Waals surface area contributed by atoms with Crippen LogP contribution in [0, 0.1) is 0 Å². The molecule has 1 aromatic heterocycles. The largest absolute Gasteiger partial charge is 0.495 e. The molecule has 4 rings (SSSR count). The number of H-pyrrole nitrogens is 1. The number of carbonyl (C=O) groups excluding carboxylic acids is 1. The van der Waals surface area contributed by atoms with E-state index in [4.69, 9.17) is 21.1 Å². The number of hydrogen-bond acceptors (Lipinski definition) is 3. The monoisotopic (exact) mass is 380 g/mol. The average molecular weight is 381 g/mol. The summed E-state index contributed by atoms with van der Waals surface area (Å²) in [5.41, 5.74) is 2.62. The van der Waals surface area contributed by atoms with Crippen molar-refractivity contribution in [3.63, 3.8) is 0 Å². The molecule has 1 heterocycles. The summed E-state index contributed by atoms with van der Waals surface area (Å²) >= 11 is 6.06. The molecule has 0 saturated heterocycles. The van der Waals surface area contributed by atoms with Crippen molar-refractivity contribution in [2.45, 2.75) is 0 Å². The van der Waals surface area contributed by atoms with E-state index in [1.807, 2.05) is 36.4 Å². The Morgan fingerprint density at radius 3 is 2.67 bits per heavy atom. The molecule has 1 amide bonds. The van der Waals surface area contributed by atoms with Gasteiger partial charge in [-0.2, -0.15) is 0 Å². The fourth-order valence-corrected chi connectivity index (χ4v) is 3.27. The van der Waals surface area contributed by atoms with E-state index in [0.717, 1.165) is 21.8 Å². The number of nitrogens with one attached hydrogen (secondary N) is 2. The minimum atomic E-state index is -0.270. The highest BCUT2D eigenvalue weighted by Crippen LogP contribution is 2.29. The molecular weight excluding hydrogens is 364 g/mol. The Kier molecular flexibility index (Phi) is 4.60. The third-order valence-electron chi connectivity index (χ3n) is 4.28. The van der Waals surface area contributed by atoms with Crippen LogP contribution in [0.25, 0.3) is 21.8 Å². The quantitative estimate of drug-likeness (QED) is 0.512. The van der Waals surface area contributed by atoms with E-state index < -0.39 is 0 Å². The molecule has 0 unspecified atom stereocenters. The molecule has 0 bridgehead atoms. The molecule has 4 aromatic rings. The van der Waals surface area contributed by atoms with Gasteiger partial charge in [-0.3, -0.25) is 4.79 Å². The van der Waals surface area contributed by atoms with Gasteiger partial charge in [-0.1, -0.05) is 29.8 Å². The van der Waals surface area contributed by atoms with Gasteiger partial charge in [0.05, 0.1) is 17.6 Å². The Balaban J connectivity index is 1.44. The maximum Gasteiger partial charge on any atom is 0.262 e. The first-order valence-corrected chi connectivity index (χ1v) is 8.78. The van der Waals surface area contributed by atoms with Gasteiger partial charge in [-0.15, -0.1) is 0 Å². The molecule has 0 atom stereocenters. The third-order valence-corrected chi connectivity index (χ3v) is 4.58. The van der Waals surface area contributed by atoms with E-state index in [-0.39, 0.29) is 12.5 Å². The molecule has 0 aliphatic carbocycles. The van der Waals surface area contributed by atoms with Crippen LogP contribution >= 0.6 is 11.6 Å². The maximum atomic E-state index is 12.1. The smallest absolute Gasteiger partial charge is 0.262 e. The zero-order valence-corrected chi connectivity index (χ0v) is 15.3. The molecule has 0 aliphatic rings. The minimum Gasteiger partial charge on any atom is -0.495 e. The Labute approximate surface area is 160 Å². The number of ether oxygens (including phenoxy) is 2. The molecule has 0 saturated carbocycles. The number of aromatic amines is 1. The Morgan fingerprint density at radius 2 is 1.85 bits per heavy atom. The number of fused-ring (bicyclic) bond motifs is 3. The fraction of sp³-hybridized carbons (Fsp3) is 0.0952. The Morgan fingerprint density at radius 1 is 1.04 bits per heavy atom. The topological polar surface area (TPSA) is 63.4 Å². The van der Waals surface area contributed by atoms with Crippen LogP contribution in [0.4, 0.5) is 5.69 Å². The lowest BCUT2D eigenvalue weighted by Crippen LogP contribution is -2.20. The van der Waals surface area contributed by atoms with E-state index >= 15 is 0 Å². The number of hydrogen-bond donors (Lipinski definition) is 2. The molecule has 6 heteroatoms. The summed E-state index contributed by atoms with van der Waals surface area (Å²) in [7, 11) is 1.54. The second kappa shape index (κ2) is 7.21. The van der Waals surface area contributed by atoms with Gasteiger partial charge >= 0.3 is 0 Å². The van der Waals surface area contributed by atoms with Crippen molar-refractivity contribution in [2.75, 3.05) is 19.0 Å². The highest BCUT2D eigenvalue weighted by Gasteiger charge is 2.08. The van der Waals surface area contributed by atoms with E-state index in [0.29, 0.717) is 22.2 Å². The van der Waals surface area contributed by atoms with E-state index in [1.54, 1.807) is 18.2 Å². The number of methoxy groups -OCH3 is 1. The lowest BCUT2D eigenvalue weighted by Gasteiger charge is -2.09. The first-order chi connectivity index (χ1) is 13.1. The number of para-hydroxylation sites is 1. The Hall–Kier alpha value is -3.18. The molecule has 2 N–H and O–H groups in total. The fourth-order valence-electron chi connectivity index (χ4n) is 3.01. The third kappa shape index (κ3) is 3.55. The minimum absolute atomic E-state index is 0.102. The number of anilines is 1. The summed E-state index contributed by atoms with van der Waals surface area (Å²) in [5, 5.41) is 5.46. The van der Waals surface area contributed by atoms with Gasteiger partial charge in [0.1, 0.15) is 11.5 Å². The number of carbonyl (C=O) groups is 1. The average Bonchev–Trinajstić information content (AvgIpc) is 3.04. The molecule has 136 valence electrons. The highest BCUT2D eigenvalue weighted by atomic mass is 35.5. The van der Waals surface area contributed by atoms with E-state index in [1.165, 1.54) is 7.11 Å². The molecule has 5 nitrogen and oxygen atoms in total. The van der Waals surface area contributed by atoms with E-state index in [2.05, 4.69) is 16.4 Å². The van der Waals surface area contributed by atoms with Gasteiger partial charge in [-0.05, 0) is 36.4 Å². The molecular formula is C21H17ClN2O3. The second-order valence-electron chi connectivity index (χ2n) is 6.06. The number of benzene rings is 3. The zero-order valence-electron chi connectivity index (χ0n) is 14.6. The zero-order chi connectivity index (χ0) is 18.8. The van der Waals surface area contributed by atoms with Crippen LogP contribution in [-0.2, 0) is 4.79 Å². The maximum absolute atomic E-state index is 12.1. The number of halogens is 1. The SMILES string of the molecule is COc1ccc(NC(=O)COc2ccc3c(c2)[nH]c2ccccc23)cc1Cl. The Bertz CT molecular complexity index is 1140. The van der Waals surface area contributed by atoms with Gasteiger partial charge in [-0.25, -0.2) is 0 Å². The molecule has 0 fully saturated rings. The van der Waals surface area contributed by atoms with E-state index in [9.17, 15) is 4.79 Å². The molecule has 27 heavy (non-hydrogen) atoms. The normalized spacial score (nSPS) is 10.9. The molecule has 0 radical (unpaired) electrons. The van der Waals surface area contributed by atoms with Crippen LogP contribution in [0.3, 0.4) is 0 Å². The standard InChI is InChI=1S/C21H17ClN2O3/c1-26-20-9-6-13(10-17(20)22)23-21(25)12-27-14-7-8-16-15-4-2-3-5-18(15)24-19(16)11-14/h2-11,24H,12H2,1H3,(H,23,25). The van der Waals surface area contributed by atoms with Crippen molar-refractivity contribution in [1.82, 2.24) is 4.98 Å². The van der Waals surface area contributed by atoms with Crippen LogP contribution < -0.4 is 14.8 Å². The first kappa shape index (κ1) is 17.2. The van der Waals surface area contributed by atoms with Gasteiger partial charge in [0.15, 0.2) is 6.61 Å². The van der Waals surface area contributed by atoms with Gasteiger partial charge in [0.2, 0.25) is 0 Å². The summed E-state index contributed by atoms with van der Waals surface area (Å²) in [5.74, 6) is 0.905. The number of rotatable bonds is 5. The van der Waals surface area contributed by atoms with Crippen LogP contribution in [-0.4, -0.2) is 24.6 Å². The lowest BCUT2D eigenvalue weighted by molar-refractivity contribution is -0.118. The van der Waals surface area contributed by atoms with Crippen molar-refractivity contribution in [1.29, 1.82) is 0 Å². The van der Waals surface area contributed by atoms with Crippen LogP contribution in [0.2, 0.25) is 5.02 Å². The highest BCUT2D eigenvalue weighted by molar-refractivity contribution is 6.32. The number of aromatic nitrogens is 1. The molecule has 3 aromatic carbocycles. The summed E-state index contributed by atoms with van der Waals surface area (Å²) in [4.78, 5) is 15.5. The predicted molar refractivity (Wildman–Crippen MR) is 108 cm³/mol. The summed E-state index contributed by atoms with van der Waals surface area (Å²) in [6.45, 7) is -0.102. The van der Waals surface area contributed by atoms with Crippen molar-refractivity contribution < 1.29 is 14.3 Å². The summed E-state index contributed by atoms with van der Waals surface area (Å²) < 4.78 is 10.7. The van der Waals surface area contributed by atoms with Crippen LogP contribution in [0.15, 0.2) is 60.7 Å². The summed E-state index contributed by atoms with van der Waals surface area (Å²) in [6, 6.07) is 18.9. The summed E-state index contributed by atoms with van der Waals surface area (Å²) in [6.07, 6.45) is 0. The van der Waals surface area contributed by atoms with Gasteiger partial charge in [0, 0.05) is 28.0 Å².